The summed E-state index contributed by atoms with van der Waals surface area (Å²) in [7, 11) is 1.84. The van der Waals surface area contributed by atoms with Gasteiger partial charge in [-0.1, -0.05) is 35.9 Å². The number of nitrogens with zero attached hydrogens (tertiary/aromatic N) is 4. The number of nitrogens with one attached hydrogen (secondary N) is 1. The minimum atomic E-state index is -2.89. The normalized spacial score (nSPS) is 22.4. The lowest BCUT2D eigenvalue weighted by atomic mass is 9.85. The first-order valence-electron chi connectivity index (χ1n) is 13.5. The number of carbonyl (C=O) groups excluding carboxylic acids is 2. The molecule has 1 atom stereocenters. The van der Waals surface area contributed by atoms with Crippen LogP contribution in [-0.2, 0) is 17.4 Å². The van der Waals surface area contributed by atoms with Crippen molar-refractivity contribution in [3.05, 3.63) is 88.3 Å². The van der Waals surface area contributed by atoms with Gasteiger partial charge in [0.25, 0.3) is 18.2 Å². The lowest BCUT2D eigenvalue weighted by Crippen LogP contribution is -2.44. The number of alkyl halides is 2. The maximum absolute atomic E-state index is 13.9. The Hall–Kier alpha value is -3.89. The standard InChI is InChI=1S/C30H28ClF2N5O3/c1-37-24-11-8-19(12-18(24)14-35-37)30(41)23-4-2-3-5-25(23)38(29(30)40)16-17-6-9-21(10-7-17)36-28(39)22-13-20(31)15-34-26(22)27(32)33/h2-5,8,11-15,17,21,27,41H,6-7,9-10,16H2,1H3,(H,36,39)/t17?,21?,30-/m1/s1. The van der Waals surface area contributed by atoms with E-state index in [9.17, 15) is 23.5 Å². The number of para-hydroxylation sites is 1. The molecule has 1 aliphatic heterocycles. The van der Waals surface area contributed by atoms with Gasteiger partial charge in [-0.3, -0.25) is 19.3 Å². The van der Waals surface area contributed by atoms with Crippen LogP contribution in [0.15, 0.2) is 60.9 Å². The average Bonchev–Trinajstić information content (AvgIpc) is 3.44. The van der Waals surface area contributed by atoms with Crippen LogP contribution in [0, 0.1) is 5.92 Å². The van der Waals surface area contributed by atoms with E-state index in [-0.39, 0.29) is 22.5 Å². The van der Waals surface area contributed by atoms with Crippen molar-refractivity contribution in [2.24, 2.45) is 13.0 Å². The van der Waals surface area contributed by atoms with Crippen molar-refractivity contribution >= 4 is 40.0 Å². The van der Waals surface area contributed by atoms with Gasteiger partial charge in [-0.05, 0) is 61.4 Å². The molecule has 3 heterocycles. The number of anilines is 1. The molecule has 41 heavy (non-hydrogen) atoms. The number of benzene rings is 2. The third-order valence-corrected chi connectivity index (χ3v) is 8.47. The van der Waals surface area contributed by atoms with Crippen LogP contribution in [0.5, 0.6) is 0 Å². The van der Waals surface area contributed by atoms with Gasteiger partial charge in [0.2, 0.25) is 0 Å². The third-order valence-electron chi connectivity index (χ3n) is 8.26. The summed E-state index contributed by atoms with van der Waals surface area (Å²) < 4.78 is 28.5. The number of fused-ring (bicyclic) bond motifs is 2. The van der Waals surface area contributed by atoms with E-state index in [1.165, 1.54) is 6.07 Å². The van der Waals surface area contributed by atoms with Crippen LogP contribution < -0.4 is 10.2 Å². The molecule has 212 valence electrons. The first kappa shape index (κ1) is 27.3. The highest BCUT2D eigenvalue weighted by Crippen LogP contribution is 2.45. The predicted molar refractivity (Wildman–Crippen MR) is 150 cm³/mol. The summed E-state index contributed by atoms with van der Waals surface area (Å²) in [6, 6.07) is 13.7. The van der Waals surface area contributed by atoms with Crippen LogP contribution in [0.1, 0.15) is 59.3 Å². The summed E-state index contributed by atoms with van der Waals surface area (Å²) >= 11 is 5.90. The monoisotopic (exact) mass is 579 g/mol. The predicted octanol–water partition coefficient (Wildman–Crippen LogP) is 5.13. The Kier molecular flexibility index (Phi) is 6.99. The maximum Gasteiger partial charge on any atom is 0.281 e. The van der Waals surface area contributed by atoms with Crippen LogP contribution in [0.25, 0.3) is 10.9 Å². The molecule has 2 aliphatic rings. The summed E-state index contributed by atoms with van der Waals surface area (Å²) in [5.74, 6) is -0.892. The summed E-state index contributed by atoms with van der Waals surface area (Å²) in [5, 5.41) is 20.0. The molecule has 2 N–H and O–H groups in total. The van der Waals surface area contributed by atoms with E-state index in [1.54, 1.807) is 27.9 Å². The molecule has 11 heteroatoms. The van der Waals surface area contributed by atoms with Crippen molar-refractivity contribution in [1.29, 1.82) is 0 Å². The number of aromatic nitrogens is 3. The van der Waals surface area contributed by atoms with Crippen LogP contribution in [-0.4, -0.2) is 44.3 Å². The zero-order valence-corrected chi connectivity index (χ0v) is 23.0. The van der Waals surface area contributed by atoms with Crippen LogP contribution in [0.3, 0.4) is 0 Å². The maximum atomic E-state index is 13.9. The number of aryl methyl sites for hydroxylation is 1. The van der Waals surface area contributed by atoms with Crippen molar-refractivity contribution in [3.8, 4) is 0 Å². The SMILES string of the molecule is Cn1ncc2cc([C@]3(O)C(=O)N(CC4CCC(NC(=O)c5cc(Cl)cnc5C(F)F)CC4)c4ccccc43)ccc21. The minimum Gasteiger partial charge on any atom is -0.372 e. The molecule has 6 rings (SSSR count). The number of carbonyl (C=O) groups is 2. The van der Waals surface area contributed by atoms with Gasteiger partial charge < -0.3 is 15.3 Å². The van der Waals surface area contributed by atoms with E-state index < -0.39 is 29.5 Å². The zero-order chi connectivity index (χ0) is 28.9. The smallest absolute Gasteiger partial charge is 0.281 e. The first-order chi connectivity index (χ1) is 19.7. The zero-order valence-electron chi connectivity index (χ0n) is 22.2. The van der Waals surface area contributed by atoms with Crippen molar-refractivity contribution in [1.82, 2.24) is 20.1 Å². The number of pyridine rings is 1. The van der Waals surface area contributed by atoms with Crippen LogP contribution in [0.4, 0.5) is 14.5 Å². The summed E-state index contributed by atoms with van der Waals surface area (Å²) in [5.41, 5.74) is -0.0375. The molecule has 0 saturated heterocycles. The van der Waals surface area contributed by atoms with Crippen LogP contribution >= 0.6 is 11.6 Å². The fourth-order valence-corrected chi connectivity index (χ4v) is 6.26. The molecule has 1 saturated carbocycles. The lowest BCUT2D eigenvalue weighted by Gasteiger charge is -2.32. The highest BCUT2D eigenvalue weighted by molar-refractivity contribution is 6.30. The quantitative estimate of drug-likeness (QED) is 0.330. The van der Waals surface area contributed by atoms with Gasteiger partial charge in [-0.2, -0.15) is 5.10 Å². The largest absolute Gasteiger partial charge is 0.372 e. The van der Waals surface area contributed by atoms with E-state index in [2.05, 4.69) is 15.4 Å². The second kappa shape index (κ2) is 10.5. The topological polar surface area (TPSA) is 100 Å². The van der Waals surface area contributed by atoms with Crippen molar-refractivity contribution in [2.45, 2.75) is 43.8 Å². The molecular weight excluding hydrogens is 552 g/mol. The lowest BCUT2D eigenvalue weighted by molar-refractivity contribution is -0.132. The molecule has 1 fully saturated rings. The molecule has 1 aliphatic carbocycles. The molecule has 4 aromatic rings. The molecule has 0 spiro atoms. The molecule has 8 nitrogen and oxygen atoms in total. The summed E-state index contributed by atoms with van der Waals surface area (Å²) in [4.78, 5) is 32.0. The summed E-state index contributed by atoms with van der Waals surface area (Å²) in [6.45, 7) is 0.418. The molecule has 2 amide bonds. The second-order valence-corrected chi connectivity index (χ2v) is 11.2. The molecule has 0 unspecified atom stereocenters. The number of hydrogen-bond acceptors (Lipinski definition) is 5. The number of rotatable bonds is 6. The highest BCUT2D eigenvalue weighted by atomic mass is 35.5. The molecule has 0 bridgehead atoms. The Morgan fingerprint density at radius 3 is 2.66 bits per heavy atom. The Bertz CT molecular complexity index is 1650. The molecule has 2 aromatic heterocycles. The van der Waals surface area contributed by atoms with E-state index in [0.717, 1.165) is 17.1 Å². The van der Waals surface area contributed by atoms with Gasteiger partial charge in [0.1, 0.15) is 5.69 Å². The third kappa shape index (κ3) is 4.74. The van der Waals surface area contributed by atoms with Gasteiger partial charge in [0, 0.05) is 36.8 Å². The minimum absolute atomic E-state index is 0.110. The van der Waals surface area contributed by atoms with E-state index in [4.69, 9.17) is 11.6 Å². The second-order valence-electron chi connectivity index (χ2n) is 10.8. The van der Waals surface area contributed by atoms with E-state index in [0.29, 0.717) is 49.0 Å². The Labute approximate surface area is 239 Å². The van der Waals surface area contributed by atoms with Gasteiger partial charge in [0.05, 0.1) is 28.0 Å². The Balaban J connectivity index is 1.16. The number of hydrogen-bond donors (Lipinski definition) is 2. The first-order valence-corrected chi connectivity index (χ1v) is 13.8. The number of amides is 2. The highest BCUT2D eigenvalue weighted by Gasteiger charge is 2.51. The number of aliphatic hydroxyl groups is 1. The summed E-state index contributed by atoms with van der Waals surface area (Å²) in [6.07, 6.45) is 2.59. The average molecular weight is 580 g/mol. The van der Waals surface area contributed by atoms with Gasteiger partial charge in [-0.25, -0.2) is 8.78 Å². The fourth-order valence-electron chi connectivity index (χ4n) is 6.10. The van der Waals surface area contributed by atoms with Crippen molar-refractivity contribution in [2.75, 3.05) is 11.4 Å². The Morgan fingerprint density at radius 2 is 1.90 bits per heavy atom. The van der Waals surface area contributed by atoms with Gasteiger partial charge in [-0.15, -0.1) is 0 Å². The molecular formula is C30H28ClF2N5O3. The molecule has 0 radical (unpaired) electrons. The van der Waals surface area contributed by atoms with E-state index in [1.807, 2.05) is 37.4 Å². The van der Waals surface area contributed by atoms with Gasteiger partial charge in [0.15, 0.2) is 5.60 Å². The van der Waals surface area contributed by atoms with Crippen LogP contribution in [0.2, 0.25) is 5.02 Å². The molecule has 2 aromatic carbocycles. The Morgan fingerprint density at radius 1 is 1.15 bits per heavy atom. The fraction of sp³-hybridized carbons (Fsp3) is 0.333. The number of halogens is 3. The van der Waals surface area contributed by atoms with Crippen molar-refractivity contribution < 1.29 is 23.5 Å². The van der Waals surface area contributed by atoms with E-state index >= 15 is 0 Å². The van der Waals surface area contributed by atoms with Crippen molar-refractivity contribution in [3.63, 3.8) is 0 Å². The van der Waals surface area contributed by atoms with Gasteiger partial charge >= 0.3 is 0 Å².